The number of nitrogens with zero attached hydrogens (tertiary/aromatic N) is 2. The van der Waals surface area contributed by atoms with E-state index in [0.717, 1.165) is 4.31 Å². The van der Waals surface area contributed by atoms with Crippen LogP contribution in [0.5, 0.6) is 5.75 Å². The highest BCUT2D eigenvalue weighted by molar-refractivity contribution is 7.92. The molecule has 0 radical (unpaired) electrons. The Balaban J connectivity index is 2.15. The number of benzene rings is 3. The zero-order valence-electron chi connectivity index (χ0n) is 24.5. The fourth-order valence-corrected chi connectivity index (χ4v) is 6.47. The first-order valence-corrected chi connectivity index (χ1v) is 16.5. The number of sulfonamides is 1. The molecular formula is C31H36Cl3N3O5S. The lowest BCUT2D eigenvalue weighted by molar-refractivity contribution is -0.140. The van der Waals surface area contributed by atoms with Crippen LogP contribution < -0.4 is 14.4 Å². The molecule has 0 aromatic heterocycles. The monoisotopic (exact) mass is 667 g/mol. The van der Waals surface area contributed by atoms with Crippen LogP contribution in [-0.4, -0.2) is 50.4 Å². The molecule has 0 fully saturated rings. The summed E-state index contributed by atoms with van der Waals surface area (Å²) in [6.45, 7) is 6.87. The molecule has 43 heavy (non-hydrogen) atoms. The quantitative estimate of drug-likeness (QED) is 0.200. The number of halogens is 3. The van der Waals surface area contributed by atoms with E-state index in [9.17, 15) is 18.0 Å². The molecule has 0 bridgehead atoms. The summed E-state index contributed by atoms with van der Waals surface area (Å²) >= 11 is 19.0. The van der Waals surface area contributed by atoms with Crippen LogP contribution in [0.25, 0.3) is 0 Å². The molecule has 0 spiro atoms. The van der Waals surface area contributed by atoms with Crippen molar-refractivity contribution < 1.29 is 22.7 Å². The van der Waals surface area contributed by atoms with E-state index in [1.54, 1.807) is 56.3 Å². The molecule has 1 N–H and O–H groups in total. The molecule has 3 aromatic rings. The molecule has 0 aliphatic carbocycles. The number of nitrogens with one attached hydrogen (secondary N) is 1. The third kappa shape index (κ3) is 8.56. The minimum atomic E-state index is -4.31. The maximum atomic E-state index is 14.3. The Morgan fingerprint density at radius 2 is 1.51 bits per heavy atom. The highest BCUT2D eigenvalue weighted by Gasteiger charge is 2.35. The Bertz CT molecular complexity index is 1500. The number of ether oxygens (including phenoxy) is 1. The van der Waals surface area contributed by atoms with E-state index < -0.39 is 28.5 Å². The summed E-state index contributed by atoms with van der Waals surface area (Å²) in [6.07, 6.45) is 0.948. The van der Waals surface area contributed by atoms with Crippen molar-refractivity contribution in [1.82, 2.24) is 10.2 Å². The second kappa shape index (κ2) is 15.7. The van der Waals surface area contributed by atoms with Gasteiger partial charge in [0.15, 0.2) is 0 Å². The lowest BCUT2D eigenvalue weighted by Crippen LogP contribution is -2.53. The highest BCUT2D eigenvalue weighted by Crippen LogP contribution is 2.34. The average Bonchev–Trinajstić information content (AvgIpc) is 2.97. The van der Waals surface area contributed by atoms with Gasteiger partial charge in [-0.3, -0.25) is 13.9 Å². The van der Waals surface area contributed by atoms with Crippen molar-refractivity contribution in [1.29, 1.82) is 0 Å². The molecule has 0 saturated heterocycles. The number of amides is 2. The topological polar surface area (TPSA) is 96.0 Å². The van der Waals surface area contributed by atoms with E-state index in [1.807, 2.05) is 13.8 Å². The van der Waals surface area contributed by atoms with Gasteiger partial charge in [-0.1, -0.05) is 66.8 Å². The molecule has 8 nitrogen and oxygen atoms in total. The first-order valence-electron chi connectivity index (χ1n) is 14.0. The van der Waals surface area contributed by atoms with E-state index in [1.165, 1.54) is 29.2 Å². The van der Waals surface area contributed by atoms with Gasteiger partial charge < -0.3 is 15.0 Å². The highest BCUT2D eigenvalue weighted by atomic mass is 35.5. The Hall–Kier alpha value is -2.98. The standard InChI is InChI=1S/C31H36Cl3N3O5S/c1-5-21(4)35-31(39)27(6-2)36(19-24-25(33)11-10-12-26(24)34)30(38)20-37(28-13-8-9-14-29(28)42-7-3)43(40,41)23-17-15-22(32)16-18-23/h8-18,21,27H,5-7,19-20H2,1-4H3,(H,35,39)/t21-,27-/m1/s1. The minimum Gasteiger partial charge on any atom is -0.492 e. The zero-order valence-corrected chi connectivity index (χ0v) is 27.6. The van der Waals surface area contributed by atoms with E-state index >= 15 is 0 Å². The van der Waals surface area contributed by atoms with E-state index in [2.05, 4.69) is 5.32 Å². The lowest BCUT2D eigenvalue weighted by Gasteiger charge is -2.34. The molecular weight excluding hydrogens is 633 g/mol. The largest absolute Gasteiger partial charge is 0.492 e. The third-order valence-corrected chi connectivity index (χ3v) is 9.63. The molecule has 0 heterocycles. The van der Waals surface area contributed by atoms with Gasteiger partial charge >= 0.3 is 0 Å². The molecule has 3 aromatic carbocycles. The second-order valence-corrected chi connectivity index (χ2v) is 12.9. The van der Waals surface area contributed by atoms with Gasteiger partial charge in [-0.2, -0.15) is 0 Å². The summed E-state index contributed by atoms with van der Waals surface area (Å²) in [6, 6.07) is 16.1. The van der Waals surface area contributed by atoms with Gasteiger partial charge in [-0.25, -0.2) is 8.42 Å². The van der Waals surface area contributed by atoms with Gasteiger partial charge in [-0.15, -0.1) is 0 Å². The Morgan fingerprint density at radius 1 is 0.884 bits per heavy atom. The van der Waals surface area contributed by atoms with Gasteiger partial charge in [0.1, 0.15) is 18.3 Å². The van der Waals surface area contributed by atoms with Crippen LogP contribution in [0.1, 0.15) is 46.1 Å². The summed E-state index contributed by atoms with van der Waals surface area (Å²) in [5, 5.41) is 3.93. The fraction of sp³-hybridized carbons (Fsp3) is 0.355. The van der Waals surface area contributed by atoms with Gasteiger partial charge in [0, 0.05) is 33.2 Å². The van der Waals surface area contributed by atoms with Crippen molar-refractivity contribution in [2.45, 2.75) is 64.1 Å². The summed E-state index contributed by atoms with van der Waals surface area (Å²) in [7, 11) is -4.31. The van der Waals surface area contributed by atoms with Crippen molar-refractivity contribution in [2.75, 3.05) is 17.5 Å². The summed E-state index contributed by atoms with van der Waals surface area (Å²) < 4.78 is 35.0. The van der Waals surface area contributed by atoms with Crippen molar-refractivity contribution in [3.05, 3.63) is 87.4 Å². The smallest absolute Gasteiger partial charge is 0.264 e. The van der Waals surface area contributed by atoms with Crippen molar-refractivity contribution in [3.8, 4) is 5.75 Å². The number of rotatable bonds is 14. The van der Waals surface area contributed by atoms with Gasteiger partial charge in [0.2, 0.25) is 11.8 Å². The number of carbonyl (C=O) groups is 2. The molecule has 12 heteroatoms. The molecule has 0 unspecified atom stereocenters. The molecule has 0 aliphatic heterocycles. The van der Waals surface area contributed by atoms with Crippen LogP contribution in [0.3, 0.4) is 0 Å². The lowest BCUT2D eigenvalue weighted by atomic mass is 10.1. The van der Waals surface area contributed by atoms with Crippen LogP contribution in [0.15, 0.2) is 71.6 Å². The predicted molar refractivity (Wildman–Crippen MR) is 173 cm³/mol. The maximum absolute atomic E-state index is 14.3. The average molecular weight is 669 g/mol. The molecule has 232 valence electrons. The van der Waals surface area contributed by atoms with Gasteiger partial charge in [0.05, 0.1) is 17.2 Å². The summed E-state index contributed by atoms with van der Waals surface area (Å²) in [4.78, 5) is 29.0. The number of para-hydroxylation sites is 2. The molecule has 0 aliphatic rings. The van der Waals surface area contributed by atoms with Crippen LogP contribution in [0, 0.1) is 0 Å². The van der Waals surface area contributed by atoms with E-state index in [-0.39, 0.29) is 47.9 Å². The third-order valence-electron chi connectivity index (χ3n) is 6.89. The van der Waals surface area contributed by atoms with Crippen LogP contribution in [0.4, 0.5) is 5.69 Å². The van der Waals surface area contributed by atoms with Gasteiger partial charge in [-0.05, 0) is 75.2 Å². The SMILES string of the molecule is CCOc1ccccc1N(CC(=O)N(Cc1c(Cl)cccc1Cl)[C@H](CC)C(=O)N[C@H](C)CC)S(=O)(=O)c1ccc(Cl)cc1. The Labute approximate surface area is 268 Å². The number of hydrogen-bond acceptors (Lipinski definition) is 5. The van der Waals surface area contributed by atoms with Crippen LogP contribution in [0.2, 0.25) is 15.1 Å². The number of anilines is 1. The molecule has 2 amide bonds. The first-order chi connectivity index (χ1) is 20.4. The maximum Gasteiger partial charge on any atom is 0.264 e. The second-order valence-electron chi connectivity index (χ2n) is 9.83. The minimum absolute atomic E-state index is 0.0711. The Kier molecular flexibility index (Phi) is 12.6. The molecule has 3 rings (SSSR count). The van der Waals surface area contributed by atoms with Crippen molar-refractivity contribution >= 4 is 62.3 Å². The first kappa shape index (κ1) is 34.5. The predicted octanol–water partition coefficient (Wildman–Crippen LogP) is 6.96. The fourth-order valence-electron chi connectivity index (χ4n) is 4.40. The van der Waals surface area contributed by atoms with E-state index in [4.69, 9.17) is 39.5 Å². The normalized spacial score (nSPS) is 12.7. The Morgan fingerprint density at radius 3 is 2.09 bits per heavy atom. The summed E-state index contributed by atoms with van der Waals surface area (Å²) in [5.41, 5.74) is 0.608. The van der Waals surface area contributed by atoms with Crippen molar-refractivity contribution in [3.63, 3.8) is 0 Å². The number of carbonyl (C=O) groups excluding carboxylic acids is 2. The van der Waals surface area contributed by atoms with Crippen molar-refractivity contribution in [2.24, 2.45) is 0 Å². The van der Waals surface area contributed by atoms with E-state index in [0.29, 0.717) is 27.1 Å². The van der Waals surface area contributed by atoms with Crippen LogP contribution >= 0.6 is 34.8 Å². The van der Waals surface area contributed by atoms with Crippen LogP contribution in [-0.2, 0) is 26.2 Å². The number of hydrogen-bond donors (Lipinski definition) is 1. The summed E-state index contributed by atoms with van der Waals surface area (Å²) in [5.74, 6) is -0.723. The van der Waals surface area contributed by atoms with Gasteiger partial charge in [0.25, 0.3) is 10.0 Å². The molecule has 0 saturated carbocycles. The zero-order chi connectivity index (χ0) is 31.7. The molecule has 2 atom stereocenters.